The van der Waals surface area contributed by atoms with Crippen molar-refractivity contribution in [3.8, 4) is 0 Å². The summed E-state index contributed by atoms with van der Waals surface area (Å²) >= 11 is 1.64. The molecule has 2 atom stereocenters. The first-order chi connectivity index (χ1) is 7.15. The van der Waals surface area contributed by atoms with E-state index in [9.17, 15) is 4.79 Å². The third kappa shape index (κ3) is 3.64. The summed E-state index contributed by atoms with van der Waals surface area (Å²) in [6.45, 7) is 4.00. The molecular formula is C11H18N2OS. The van der Waals surface area contributed by atoms with Gasteiger partial charge in [-0.15, -0.1) is 11.3 Å². The van der Waals surface area contributed by atoms with Gasteiger partial charge in [-0.05, 0) is 24.8 Å². The van der Waals surface area contributed by atoms with Crippen molar-refractivity contribution in [1.29, 1.82) is 0 Å². The molecule has 0 aliphatic heterocycles. The minimum absolute atomic E-state index is 0.0559. The molecule has 1 amide bonds. The summed E-state index contributed by atoms with van der Waals surface area (Å²) in [6, 6.07) is 3.67. The van der Waals surface area contributed by atoms with Gasteiger partial charge < -0.3 is 11.1 Å². The molecule has 0 aromatic carbocycles. The van der Waals surface area contributed by atoms with E-state index in [0.717, 1.165) is 17.7 Å². The van der Waals surface area contributed by atoms with Crippen molar-refractivity contribution in [2.45, 2.75) is 38.8 Å². The second-order valence-electron chi connectivity index (χ2n) is 3.64. The molecule has 1 rings (SSSR count). The Bertz CT molecular complexity index is 298. The van der Waals surface area contributed by atoms with Crippen molar-refractivity contribution < 1.29 is 4.79 Å². The molecule has 1 heterocycles. The molecule has 0 spiro atoms. The fourth-order valence-corrected chi connectivity index (χ4v) is 2.11. The highest BCUT2D eigenvalue weighted by Crippen LogP contribution is 2.18. The normalized spacial score (nSPS) is 14.6. The monoisotopic (exact) mass is 226 g/mol. The van der Waals surface area contributed by atoms with Gasteiger partial charge in [-0.1, -0.05) is 19.4 Å². The maximum Gasteiger partial charge on any atom is 0.237 e. The van der Waals surface area contributed by atoms with E-state index >= 15 is 0 Å². The summed E-state index contributed by atoms with van der Waals surface area (Å²) in [5, 5.41) is 4.92. The molecule has 84 valence electrons. The van der Waals surface area contributed by atoms with Gasteiger partial charge in [0.2, 0.25) is 5.91 Å². The highest BCUT2D eigenvalue weighted by molar-refractivity contribution is 7.10. The van der Waals surface area contributed by atoms with Crippen molar-refractivity contribution in [3.05, 3.63) is 22.4 Å². The van der Waals surface area contributed by atoms with Gasteiger partial charge in [0.05, 0.1) is 12.1 Å². The molecule has 1 aromatic rings. The van der Waals surface area contributed by atoms with Crippen molar-refractivity contribution in [3.63, 3.8) is 0 Å². The number of carbonyl (C=O) groups is 1. The zero-order valence-electron chi connectivity index (χ0n) is 9.19. The Morgan fingerprint density at radius 2 is 2.40 bits per heavy atom. The van der Waals surface area contributed by atoms with Crippen LogP contribution in [0.3, 0.4) is 0 Å². The average molecular weight is 226 g/mol. The van der Waals surface area contributed by atoms with Crippen LogP contribution < -0.4 is 11.1 Å². The molecule has 2 unspecified atom stereocenters. The van der Waals surface area contributed by atoms with Gasteiger partial charge in [-0.2, -0.15) is 0 Å². The van der Waals surface area contributed by atoms with Crippen LogP contribution in [0, 0.1) is 0 Å². The summed E-state index contributed by atoms with van der Waals surface area (Å²) in [4.78, 5) is 12.8. The van der Waals surface area contributed by atoms with Crippen LogP contribution in [0.15, 0.2) is 17.5 Å². The average Bonchev–Trinajstić information content (AvgIpc) is 2.70. The number of hydrogen-bond donors (Lipinski definition) is 2. The van der Waals surface area contributed by atoms with Gasteiger partial charge >= 0.3 is 0 Å². The van der Waals surface area contributed by atoms with Crippen LogP contribution in [0.2, 0.25) is 0 Å². The number of nitrogens with one attached hydrogen (secondary N) is 1. The molecule has 0 bridgehead atoms. The highest BCUT2D eigenvalue weighted by Gasteiger charge is 2.15. The number of nitrogens with two attached hydrogens (primary N) is 1. The fraction of sp³-hybridized carbons (Fsp3) is 0.545. The molecule has 0 aliphatic carbocycles. The van der Waals surface area contributed by atoms with Gasteiger partial charge in [-0.25, -0.2) is 0 Å². The molecule has 1 aromatic heterocycles. The maximum absolute atomic E-state index is 11.6. The van der Waals surface area contributed by atoms with Crippen molar-refractivity contribution in [2.75, 3.05) is 0 Å². The molecule has 0 fully saturated rings. The van der Waals surface area contributed by atoms with E-state index in [4.69, 9.17) is 5.73 Å². The summed E-state index contributed by atoms with van der Waals surface area (Å²) in [7, 11) is 0. The first-order valence-electron chi connectivity index (χ1n) is 5.24. The van der Waals surface area contributed by atoms with Gasteiger partial charge in [-0.3, -0.25) is 4.79 Å². The van der Waals surface area contributed by atoms with Crippen LogP contribution >= 0.6 is 11.3 Å². The Balaban J connectivity index is 2.44. The molecule has 0 saturated carbocycles. The molecule has 3 nitrogen and oxygen atoms in total. The quantitative estimate of drug-likeness (QED) is 0.807. The topological polar surface area (TPSA) is 55.1 Å². The van der Waals surface area contributed by atoms with E-state index in [1.165, 1.54) is 0 Å². The van der Waals surface area contributed by atoms with Crippen LogP contribution in [0.4, 0.5) is 0 Å². The Morgan fingerprint density at radius 3 is 2.93 bits per heavy atom. The molecule has 0 radical (unpaired) electrons. The first-order valence-corrected chi connectivity index (χ1v) is 6.12. The summed E-state index contributed by atoms with van der Waals surface area (Å²) in [5.41, 5.74) is 5.72. The Kier molecular flexibility index (Phi) is 4.78. The van der Waals surface area contributed by atoms with Crippen LogP contribution in [0.25, 0.3) is 0 Å². The van der Waals surface area contributed by atoms with Crippen molar-refractivity contribution >= 4 is 17.2 Å². The number of carbonyl (C=O) groups excluding carboxylic acids is 1. The summed E-state index contributed by atoms with van der Waals surface area (Å²) in [5.74, 6) is -0.0576. The lowest BCUT2D eigenvalue weighted by Gasteiger charge is -2.15. The number of hydrogen-bond acceptors (Lipinski definition) is 3. The molecule has 4 heteroatoms. The first kappa shape index (κ1) is 12.2. The smallest absolute Gasteiger partial charge is 0.237 e. The van der Waals surface area contributed by atoms with Crippen LogP contribution in [-0.4, -0.2) is 11.9 Å². The van der Waals surface area contributed by atoms with E-state index in [2.05, 4.69) is 5.32 Å². The highest BCUT2D eigenvalue weighted by atomic mass is 32.1. The standard InChI is InChI=1S/C11H18N2OS/c1-3-5-9(12)11(14)13-8(2)10-6-4-7-15-10/h4,6-9H,3,5,12H2,1-2H3,(H,13,14). The number of rotatable bonds is 5. The van der Waals surface area contributed by atoms with Crippen molar-refractivity contribution in [1.82, 2.24) is 5.32 Å². The third-order valence-electron chi connectivity index (χ3n) is 2.27. The third-order valence-corrected chi connectivity index (χ3v) is 3.32. The second-order valence-corrected chi connectivity index (χ2v) is 4.62. The SMILES string of the molecule is CCCC(N)C(=O)NC(C)c1cccs1. The van der Waals surface area contributed by atoms with Gasteiger partial charge in [0.1, 0.15) is 0 Å². The zero-order valence-corrected chi connectivity index (χ0v) is 10.0. The van der Waals surface area contributed by atoms with E-state index < -0.39 is 0 Å². The summed E-state index contributed by atoms with van der Waals surface area (Å²) < 4.78 is 0. The lowest BCUT2D eigenvalue weighted by atomic mass is 10.1. The Morgan fingerprint density at radius 1 is 1.67 bits per heavy atom. The Labute approximate surface area is 94.7 Å². The Hall–Kier alpha value is -0.870. The predicted molar refractivity (Wildman–Crippen MR) is 63.8 cm³/mol. The molecule has 0 saturated heterocycles. The lowest BCUT2D eigenvalue weighted by molar-refractivity contribution is -0.123. The van der Waals surface area contributed by atoms with Crippen LogP contribution in [-0.2, 0) is 4.79 Å². The maximum atomic E-state index is 11.6. The predicted octanol–water partition coefficient (Wildman–Crippen LogP) is 2.05. The summed E-state index contributed by atoms with van der Waals surface area (Å²) in [6.07, 6.45) is 1.67. The zero-order chi connectivity index (χ0) is 11.3. The second kappa shape index (κ2) is 5.88. The van der Waals surface area contributed by atoms with Crippen LogP contribution in [0.1, 0.15) is 37.6 Å². The lowest BCUT2D eigenvalue weighted by Crippen LogP contribution is -2.41. The molecular weight excluding hydrogens is 208 g/mol. The van der Waals surface area contributed by atoms with Crippen molar-refractivity contribution in [2.24, 2.45) is 5.73 Å². The molecule has 0 aliphatic rings. The number of thiophene rings is 1. The largest absolute Gasteiger partial charge is 0.347 e. The minimum atomic E-state index is -0.377. The van der Waals surface area contributed by atoms with E-state index in [0.29, 0.717) is 0 Å². The minimum Gasteiger partial charge on any atom is -0.347 e. The molecule has 3 N–H and O–H groups in total. The van der Waals surface area contributed by atoms with Gasteiger partial charge in [0.25, 0.3) is 0 Å². The van der Waals surface area contributed by atoms with Gasteiger partial charge in [0, 0.05) is 4.88 Å². The number of amides is 1. The molecule has 15 heavy (non-hydrogen) atoms. The fourth-order valence-electron chi connectivity index (χ4n) is 1.37. The van der Waals surface area contributed by atoms with Crippen LogP contribution in [0.5, 0.6) is 0 Å². The van der Waals surface area contributed by atoms with E-state index in [1.54, 1.807) is 11.3 Å². The van der Waals surface area contributed by atoms with E-state index in [1.807, 2.05) is 31.4 Å². The van der Waals surface area contributed by atoms with E-state index in [-0.39, 0.29) is 18.0 Å². The van der Waals surface area contributed by atoms with Gasteiger partial charge in [0.15, 0.2) is 0 Å².